The molecule has 5 heteroatoms. The summed E-state index contributed by atoms with van der Waals surface area (Å²) in [4.78, 5) is 15.1. The first-order valence-electron chi connectivity index (χ1n) is 6.99. The van der Waals surface area contributed by atoms with Gasteiger partial charge in [0.2, 0.25) is 0 Å². The van der Waals surface area contributed by atoms with Crippen molar-refractivity contribution in [3.8, 4) is 0 Å². The molecule has 0 amide bonds. The Kier molecular flexibility index (Phi) is 3.94. The predicted molar refractivity (Wildman–Crippen MR) is 86.6 cm³/mol. The molecule has 0 fully saturated rings. The number of rotatable bonds is 4. The Hall–Kier alpha value is -1.85. The highest BCUT2D eigenvalue weighted by molar-refractivity contribution is 7.11. The minimum atomic E-state index is 0.132. The Morgan fingerprint density at radius 2 is 1.90 bits per heavy atom. The topological polar surface area (TPSA) is 50.7 Å². The molecule has 108 valence electrons. The van der Waals surface area contributed by atoms with Gasteiger partial charge in [-0.2, -0.15) is 0 Å². The van der Waals surface area contributed by atoms with Crippen LogP contribution in [0.1, 0.15) is 27.3 Å². The van der Waals surface area contributed by atoms with E-state index in [9.17, 15) is 0 Å². The Bertz CT molecular complexity index is 746. The number of hydrogen-bond acceptors (Lipinski definition) is 5. The van der Waals surface area contributed by atoms with Crippen LogP contribution in [0.3, 0.4) is 0 Å². The molecule has 0 aliphatic carbocycles. The molecule has 0 saturated carbocycles. The molecule has 3 aromatic rings. The molecule has 1 N–H and O–H groups in total. The second kappa shape index (κ2) is 5.87. The van der Waals surface area contributed by atoms with Gasteiger partial charge in [0.25, 0.3) is 0 Å². The molecule has 4 nitrogen and oxygen atoms in total. The van der Waals surface area contributed by atoms with Crippen LogP contribution < -0.4 is 5.32 Å². The van der Waals surface area contributed by atoms with Crippen molar-refractivity contribution >= 4 is 22.4 Å². The predicted octanol–water partition coefficient (Wildman–Crippen LogP) is 3.21. The summed E-state index contributed by atoms with van der Waals surface area (Å²) >= 11 is 1.76. The van der Waals surface area contributed by atoms with Gasteiger partial charge in [-0.1, -0.05) is 12.1 Å². The van der Waals surface area contributed by atoms with Crippen molar-refractivity contribution in [2.45, 2.75) is 26.3 Å². The molecular formula is C16H18N4S. The molecule has 0 spiro atoms. The lowest BCUT2D eigenvalue weighted by Crippen LogP contribution is -2.20. The number of para-hydroxylation sites is 2. The minimum Gasteiger partial charge on any atom is -0.311 e. The minimum absolute atomic E-state index is 0.132. The number of benzene rings is 1. The van der Waals surface area contributed by atoms with Gasteiger partial charge < -0.3 is 5.32 Å². The fraction of sp³-hybridized carbons (Fsp3) is 0.312. The van der Waals surface area contributed by atoms with Gasteiger partial charge in [0.15, 0.2) is 0 Å². The summed E-state index contributed by atoms with van der Waals surface area (Å²) in [6.07, 6.45) is 2.69. The molecule has 0 aliphatic heterocycles. The summed E-state index contributed by atoms with van der Waals surface area (Å²) < 4.78 is 0. The summed E-state index contributed by atoms with van der Waals surface area (Å²) in [5, 5.41) is 4.46. The lowest BCUT2D eigenvalue weighted by molar-refractivity contribution is 0.574. The molecule has 0 radical (unpaired) electrons. The van der Waals surface area contributed by atoms with Crippen LogP contribution >= 0.6 is 11.3 Å². The van der Waals surface area contributed by atoms with E-state index in [4.69, 9.17) is 4.98 Å². The van der Waals surface area contributed by atoms with Crippen LogP contribution in [0.2, 0.25) is 0 Å². The monoisotopic (exact) mass is 298 g/mol. The smallest absolute Gasteiger partial charge is 0.0950 e. The van der Waals surface area contributed by atoms with E-state index in [1.807, 2.05) is 37.5 Å². The second-order valence-corrected chi connectivity index (χ2v) is 6.37. The number of likely N-dealkylation sites (N-methyl/N-ethyl adjacent to an activating group) is 1. The fourth-order valence-corrected chi connectivity index (χ4v) is 3.27. The van der Waals surface area contributed by atoms with Gasteiger partial charge in [-0.25, -0.2) is 9.97 Å². The average Bonchev–Trinajstić information content (AvgIpc) is 2.82. The maximum absolute atomic E-state index is 4.72. The third kappa shape index (κ3) is 2.94. The van der Waals surface area contributed by atoms with Crippen molar-refractivity contribution in [2.75, 3.05) is 7.05 Å². The SMILES string of the molecule is CNC(Cc1nc(C)c(C)s1)c1cnc2ccccc2n1. The molecule has 3 rings (SSSR count). The molecule has 1 unspecified atom stereocenters. The van der Waals surface area contributed by atoms with Gasteiger partial charge in [-0.05, 0) is 33.0 Å². The number of aryl methyl sites for hydroxylation is 2. The summed E-state index contributed by atoms with van der Waals surface area (Å²) in [5.41, 5.74) is 3.94. The van der Waals surface area contributed by atoms with Crippen molar-refractivity contribution in [3.05, 3.63) is 51.7 Å². The Morgan fingerprint density at radius 3 is 2.57 bits per heavy atom. The van der Waals surface area contributed by atoms with E-state index in [-0.39, 0.29) is 6.04 Å². The zero-order valence-electron chi connectivity index (χ0n) is 12.4. The molecule has 0 saturated heterocycles. The van der Waals surface area contributed by atoms with Gasteiger partial charge >= 0.3 is 0 Å². The molecule has 0 aliphatic rings. The maximum atomic E-state index is 4.72. The van der Waals surface area contributed by atoms with Crippen molar-refractivity contribution in [2.24, 2.45) is 0 Å². The number of nitrogens with zero attached hydrogens (tertiary/aromatic N) is 3. The molecule has 1 aromatic carbocycles. The van der Waals surface area contributed by atoms with Crippen LogP contribution in [0.15, 0.2) is 30.5 Å². The molecular weight excluding hydrogens is 280 g/mol. The number of hydrogen-bond donors (Lipinski definition) is 1. The highest BCUT2D eigenvalue weighted by atomic mass is 32.1. The Labute approximate surface area is 128 Å². The van der Waals surface area contributed by atoms with Crippen LogP contribution in [0, 0.1) is 13.8 Å². The van der Waals surface area contributed by atoms with E-state index >= 15 is 0 Å². The lowest BCUT2D eigenvalue weighted by atomic mass is 10.1. The van der Waals surface area contributed by atoms with Crippen molar-refractivity contribution < 1.29 is 0 Å². The van der Waals surface area contributed by atoms with Crippen LogP contribution in [0.25, 0.3) is 11.0 Å². The zero-order chi connectivity index (χ0) is 14.8. The number of nitrogens with one attached hydrogen (secondary N) is 1. The zero-order valence-corrected chi connectivity index (χ0v) is 13.2. The van der Waals surface area contributed by atoms with E-state index in [1.165, 1.54) is 4.88 Å². The van der Waals surface area contributed by atoms with Crippen molar-refractivity contribution in [3.63, 3.8) is 0 Å². The number of thiazole rings is 1. The van der Waals surface area contributed by atoms with Gasteiger partial charge in [0, 0.05) is 11.3 Å². The van der Waals surface area contributed by atoms with E-state index in [1.54, 1.807) is 11.3 Å². The van der Waals surface area contributed by atoms with Gasteiger partial charge in [0.1, 0.15) is 0 Å². The largest absolute Gasteiger partial charge is 0.311 e. The van der Waals surface area contributed by atoms with E-state index in [2.05, 4.69) is 29.1 Å². The molecule has 1 atom stereocenters. The van der Waals surface area contributed by atoms with Gasteiger partial charge in [-0.3, -0.25) is 4.98 Å². The van der Waals surface area contributed by atoms with Crippen molar-refractivity contribution in [1.82, 2.24) is 20.3 Å². The third-order valence-electron chi connectivity index (χ3n) is 3.62. The van der Waals surface area contributed by atoms with Crippen LogP contribution in [0.5, 0.6) is 0 Å². The maximum Gasteiger partial charge on any atom is 0.0950 e. The summed E-state index contributed by atoms with van der Waals surface area (Å²) in [6, 6.07) is 8.08. The summed E-state index contributed by atoms with van der Waals surface area (Å²) in [7, 11) is 1.95. The van der Waals surface area contributed by atoms with E-state index in [0.29, 0.717) is 0 Å². The first-order chi connectivity index (χ1) is 10.2. The first-order valence-corrected chi connectivity index (χ1v) is 7.81. The molecule has 0 bridgehead atoms. The lowest BCUT2D eigenvalue weighted by Gasteiger charge is -2.14. The Balaban J connectivity index is 1.90. The molecule has 2 aromatic heterocycles. The van der Waals surface area contributed by atoms with Crippen LogP contribution in [-0.4, -0.2) is 22.0 Å². The van der Waals surface area contributed by atoms with Gasteiger partial charge in [0.05, 0.1) is 39.7 Å². The molecule has 2 heterocycles. The number of aromatic nitrogens is 3. The van der Waals surface area contributed by atoms with Crippen LogP contribution in [0.4, 0.5) is 0 Å². The Morgan fingerprint density at radius 1 is 1.14 bits per heavy atom. The van der Waals surface area contributed by atoms with Crippen LogP contribution in [-0.2, 0) is 6.42 Å². The number of fused-ring (bicyclic) bond motifs is 1. The third-order valence-corrected chi connectivity index (χ3v) is 4.72. The summed E-state index contributed by atoms with van der Waals surface area (Å²) in [5.74, 6) is 0. The first kappa shape index (κ1) is 14.1. The van der Waals surface area contributed by atoms with Crippen molar-refractivity contribution in [1.29, 1.82) is 0 Å². The van der Waals surface area contributed by atoms with E-state index < -0.39 is 0 Å². The highest BCUT2D eigenvalue weighted by Crippen LogP contribution is 2.23. The van der Waals surface area contributed by atoms with Gasteiger partial charge in [-0.15, -0.1) is 11.3 Å². The van der Waals surface area contributed by atoms with E-state index in [0.717, 1.165) is 33.8 Å². The fourth-order valence-electron chi connectivity index (χ4n) is 2.30. The molecule has 21 heavy (non-hydrogen) atoms. The normalized spacial score (nSPS) is 12.7. The average molecular weight is 298 g/mol. The quantitative estimate of drug-likeness (QED) is 0.803. The standard InChI is InChI=1S/C16H18N4S/c1-10-11(2)21-16(19-10)8-14(17-3)15-9-18-12-6-4-5-7-13(12)20-15/h4-7,9,14,17H,8H2,1-3H3. The second-order valence-electron chi connectivity index (χ2n) is 5.08. The summed E-state index contributed by atoms with van der Waals surface area (Å²) in [6.45, 7) is 4.17. The highest BCUT2D eigenvalue weighted by Gasteiger charge is 2.15.